The fourth-order valence-corrected chi connectivity index (χ4v) is 1.19. The van der Waals surface area contributed by atoms with Gasteiger partial charge in [0.05, 0.1) is 20.0 Å². The van der Waals surface area contributed by atoms with Gasteiger partial charge in [-0.25, -0.2) is 0 Å². The summed E-state index contributed by atoms with van der Waals surface area (Å²) in [6.07, 6.45) is 0. The fourth-order valence-electron chi connectivity index (χ4n) is 0.929. The molecule has 1 aromatic rings. The molecule has 6 heteroatoms. The average molecular weight is 261 g/mol. The SMILES string of the molecule is [CH2-]Oc1cc(OC)c(Cl)c(OC)c1.[Cl-].[Mg+2]. The summed E-state index contributed by atoms with van der Waals surface area (Å²) in [5.74, 6) is 1.54. The molecule has 0 N–H and O–H groups in total. The van der Waals surface area contributed by atoms with Crippen molar-refractivity contribution in [3.8, 4) is 17.2 Å². The number of methoxy groups -OCH3 is 2. The van der Waals surface area contributed by atoms with Crippen LogP contribution in [0.5, 0.6) is 17.2 Å². The molecular weight excluding hydrogens is 251 g/mol. The van der Waals surface area contributed by atoms with Crippen LogP contribution in [0.1, 0.15) is 0 Å². The van der Waals surface area contributed by atoms with Crippen LogP contribution in [0.15, 0.2) is 12.1 Å². The first-order chi connectivity index (χ1) is 6.22. The Labute approximate surface area is 117 Å². The van der Waals surface area contributed by atoms with E-state index in [1.165, 1.54) is 14.2 Å². The maximum Gasteiger partial charge on any atom is 2.00 e. The minimum absolute atomic E-state index is 0. The summed E-state index contributed by atoms with van der Waals surface area (Å²) >= 11 is 5.91. The van der Waals surface area contributed by atoms with Crippen LogP contribution >= 0.6 is 11.6 Å². The molecule has 0 bridgehead atoms. The molecule has 3 nitrogen and oxygen atoms in total. The van der Waals surface area contributed by atoms with Gasteiger partial charge in [-0.15, -0.1) is 0 Å². The van der Waals surface area contributed by atoms with Gasteiger partial charge in [-0.3, -0.25) is 0 Å². The Morgan fingerprint density at radius 3 is 1.80 bits per heavy atom. The van der Waals surface area contributed by atoms with E-state index in [2.05, 4.69) is 7.11 Å². The fraction of sp³-hybridized carbons (Fsp3) is 0.222. The number of hydrogen-bond donors (Lipinski definition) is 0. The Balaban J connectivity index is 0. The van der Waals surface area contributed by atoms with Crippen molar-refractivity contribution in [2.75, 3.05) is 14.2 Å². The molecule has 15 heavy (non-hydrogen) atoms. The van der Waals surface area contributed by atoms with E-state index in [-0.39, 0.29) is 35.5 Å². The summed E-state index contributed by atoms with van der Waals surface area (Å²) in [6.45, 7) is 0. The van der Waals surface area contributed by atoms with E-state index in [4.69, 9.17) is 25.8 Å². The second-order valence-electron chi connectivity index (χ2n) is 2.29. The van der Waals surface area contributed by atoms with Crippen molar-refractivity contribution in [3.05, 3.63) is 24.3 Å². The zero-order valence-corrected chi connectivity index (χ0v) is 11.5. The van der Waals surface area contributed by atoms with E-state index in [1.54, 1.807) is 12.1 Å². The normalized spacial score (nSPS) is 8.27. The zero-order valence-electron chi connectivity index (χ0n) is 8.55. The van der Waals surface area contributed by atoms with Crippen molar-refractivity contribution in [2.24, 2.45) is 0 Å². The van der Waals surface area contributed by atoms with Crippen LogP contribution in [0.2, 0.25) is 5.02 Å². The minimum Gasteiger partial charge on any atom is -1.00 e. The molecule has 0 aromatic heterocycles. The topological polar surface area (TPSA) is 27.7 Å². The molecule has 0 radical (unpaired) electrons. The van der Waals surface area contributed by atoms with Crippen LogP contribution in [0.3, 0.4) is 0 Å². The second kappa shape index (κ2) is 8.16. The van der Waals surface area contributed by atoms with E-state index in [0.29, 0.717) is 22.3 Å². The first-order valence-corrected chi connectivity index (χ1v) is 3.94. The van der Waals surface area contributed by atoms with Gasteiger partial charge >= 0.3 is 23.1 Å². The van der Waals surface area contributed by atoms with E-state index in [1.807, 2.05) is 0 Å². The van der Waals surface area contributed by atoms with E-state index in [0.717, 1.165) is 0 Å². The van der Waals surface area contributed by atoms with Crippen LogP contribution in [0.4, 0.5) is 0 Å². The largest absolute Gasteiger partial charge is 2.00 e. The van der Waals surface area contributed by atoms with Crippen molar-refractivity contribution in [2.45, 2.75) is 0 Å². The molecule has 0 aliphatic heterocycles. The molecule has 0 amide bonds. The molecule has 0 spiro atoms. The maximum atomic E-state index is 5.91. The quantitative estimate of drug-likeness (QED) is 0.524. The molecule has 80 valence electrons. The summed E-state index contributed by atoms with van der Waals surface area (Å²) < 4.78 is 14.8. The van der Waals surface area contributed by atoms with Gasteiger partial charge in [0.1, 0.15) is 16.5 Å². The van der Waals surface area contributed by atoms with Gasteiger partial charge in [0.15, 0.2) is 0 Å². The molecule has 0 saturated heterocycles. The Morgan fingerprint density at radius 1 is 1.13 bits per heavy atom. The standard InChI is InChI=1S/C9H10ClO3.ClH.Mg/c1-11-6-4-7(12-2)9(10)8(5-6)13-3;;/h4-5H,1H2,2-3H3;1H;/q-1;;+2/p-1. The van der Waals surface area contributed by atoms with Gasteiger partial charge in [-0.1, -0.05) is 11.6 Å². The summed E-state index contributed by atoms with van der Waals surface area (Å²) in [4.78, 5) is 0. The van der Waals surface area contributed by atoms with Gasteiger partial charge in [-0.2, -0.15) is 7.11 Å². The molecule has 1 aromatic carbocycles. The maximum absolute atomic E-state index is 5.91. The van der Waals surface area contributed by atoms with Crippen LogP contribution in [0.25, 0.3) is 0 Å². The monoisotopic (exact) mass is 260 g/mol. The molecule has 0 heterocycles. The van der Waals surface area contributed by atoms with Crippen molar-refractivity contribution in [1.82, 2.24) is 0 Å². The zero-order chi connectivity index (χ0) is 9.84. The molecule has 0 unspecified atom stereocenters. The molecule has 0 aliphatic rings. The van der Waals surface area contributed by atoms with Gasteiger partial charge in [0, 0.05) is 12.1 Å². The van der Waals surface area contributed by atoms with E-state index < -0.39 is 0 Å². The van der Waals surface area contributed by atoms with E-state index in [9.17, 15) is 0 Å². The smallest absolute Gasteiger partial charge is 1.00 e. The minimum atomic E-state index is 0. The Bertz CT molecular complexity index is 282. The second-order valence-corrected chi connectivity index (χ2v) is 2.66. The van der Waals surface area contributed by atoms with Crippen LogP contribution in [-0.2, 0) is 0 Å². The van der Waals surface area contributed by atoms with Crippen molar-refractivity contribution >= 4 is 34.7 Å². The molecule has 0 aliphatic carbocycles. The van der Waals surface area contributed by atoms with Crippen LogP contribution < -0.4 is 26.6 Å². The molecular formula is C9H10Cl2MgO3. The first-order valence-electron chi connectivity index (χ1n) is 3.56. The third-order valence-electron chi connectivity index (χ3n) is 1.59. The summed E-state index contributed by atoms with van der Waals surface area (Å²) in [6, 6.07) is 3.27. The molecule has 0 fully saturated rings. The van der Waals surface area contributed by atoms with Crippen molar-refractivity contribution in [1.29, 1.82) is 0 Å². The average Bonchev–Trinajstić information content (AvgIpc) is 2.18. The van der Waals surface area contributed by atoms with Crippen LogP contribution in [-0.4, -0.2) is 37.3 Å². The van der Waals surface area contributed by atoms with Gasteiger partial charge in [0.2, 0.25) is 0 Å². The number of halogens is 2. The predicted octanol–water partition coefficient (Wildman–Crippen LogP) is -0.849. The van der Waals surface area contributed by atoms with Gasteiger partial charge in [-0.05, 0) is 0 Å². The number of ether oxygens (including phenoxy) is 3. The third kappa shape index (κ3) is 4.14. The third-order valence-corrected chi connectivity index (χ3v) is 1.96. The van der Waals surface area contributed by atoms with Crippen LogP contribution in [0, 0.1) is 7.11 Å². The molecule has 1 rings (SSSR count). The Morgan fingerprint density at radius 2 is 1.53 bits per heavy atom. The Kier molecular flexibility index (Phi) is 9.44. The molecule has 0 atom stereocenters. The summed E-state index contributed by atoms with van der Waals surface area (Å²) in [5, 5.41) is 0.422. The Hall–Kier alpha value is -0.0338. The van der Waals surface area contributed by atoms with Crippen molar-refractivity contribution in [3.63, 3.8) is 0 Å². The summed E-state index contributed by atoms with van der Waals surface area (Å²) in [7, 11) is 6.32. The number of hydrogen-bond acceptors (Lipinski definition) is 3. The molecule has 0 saturated carbocycles. The predicted molar refractivity (Wildman–Crippen MR) is 56.3 cm³/mol. The number of rotatable bonds is 3. The van der Waals surface area contributed by atoms with Gasteiger partial charge < -0.3 is 26.6 Å². The van der Waals surface area contributed by atoms with Gasteiger partial charge in [0.25, 0.3) is 0 Å². The summed E-state index contributed by atoms with van der Waals surface area (Å²) in [5.41, 5.74) is 0. The first kappa shape index (κ1) is 17.4. The van der Waals surface area contributed by atoms with E-state index >= 15 is 0 Å². The van der Waals surface area contributed by atoms with Crippen molar-refractivity contribution < 1.29 is 26.6 Å². The number of benzene rings is 1.